The van der Waals surface area contributed by atoms with Crippen molar-refractivity contribution in [2.24, 2.45) is 0 Å². The van der Waals surface area contributed by atoms with Crippen molar-refractivity contribution in [1.29, 1.82) is 0 Å². The molecule has 1 unspecified atom stereocenters. The van der Waals surface area contributed by atoms with E-state index in [2.05, 4.69) is 36.4 Å². The predicted octanol–water partition coefficient (Wildman–Crippen LogP) is 3.43. The standard InChI is InChI=1S/C20H14O3/c21-17-15-11-5-1-3-9-7-8-10-4-2-6-12(14(10)13(9)11)16(15)19-20(23-19)18(17)22/h1-8,17-22H/t17-,18?,19+,20-/m0/s1. The molecule has 0 bridgehead atoms. The van der Waals surface area contributed by atoms with E-state index >= 15 is 0 Å². The van der Waals surface area contributed by atoms with E-state index in [4.69, 9.17) is 4.74 Å². The van der Waals surface area contributed by atoms with Gasteiger partial charge in [0, 0.05) is 0 Å². The molecule has 0 amide bonds. The second kappa shape index (κ2) is 3.82. The fourth-order valence-electron chi connectivity index (χ4n) is 4.49. The summed E-state index contributed by atoms with van der Waals surface area (Å²) in [7, 11) is 0. The van der Waals surface area contributed by atoms with Crippen molar-refractivity contribution in [2.75, 3.05) is 0 Å². The van der Waals surface area contributed by atoms with Gasteiger partial charge in [-0.15, -0.1) is 0 Å². The molecule has 23 heavy (non-hydrogen) atoms. The Hall–Kier alpha value is -2.20. The van der Waals surface area contributed by atoms with Gasteiger partial charge in [-0.2, -0.15) is 0 Å². The number of rotatable bonds is 0. The first-order valence-corrected chi connectivity index (χ1v) is 7.96. The van der Waals surface area contributed by atoms with Gasteiger partial charge in [-0.3, -0.25) is 0 Å². The number of hydrogen-bond acceptors (Lipinski definition) is 3. The molecule has 1 fully saturated rings. The molecule has 4 aromatic rings. The molecule has 112 valence electrons. The van der Waals surface area contributed by atoms with Gasteiger partial charge in [0.1, 0.15) is 24.4 Å². The molecule has 1 heterocycles. The molecule has 2 aliphatic rings. The summed E-state index contributed by atoms with van der Waals surface area (Å²) < 4.78 is 5.70. The maximum atomic E-state index is 10.7. The molecule has 3 heteroatoms. The van der Waals surface area contributed by atoms with Crippen molar-refractivity contribution >= 4 is 32.3 Å². The lowest BCUT2D eigenvalue weighted by molar-refractivity contribution is 0.000929. The van der Waals surface area contributed by atoms with Crippen LogP contribution in [-0.2, 0) is 4.74 Å². The predicted molar refractivity (Wildman–Crippen MR) is 88.7 cm³/mol. The zero-order valence-electron chi connectivity index (χ0n) is 12.2. The molecule has 6 rings (SSSR count). The fourth-order valence-corrected chi connectivity index (χ4v) is 4.49. The summed E-state index contributed by atoms with van der Waals surface area (Å²) in [6.07, 6.45) is -2.12. The van der Waals surface area contributed by atoms with Crippen LogP contribution >= 0.6 is 0 Å². The minimum absolute atomic E-state index is 0.0994. The summed E-state index contributed by atoms with van der Waals surface area (Å²) in [6.45, 7) is 0. The third-order valence-corrected chi connectivity index (χ3v) is 5.52. The second-order valence-corrected chi connectivity index (χ2v) is 6.66. The van der Waals surface area contributed by atoms with Crippen LogP contribution in [0.15, 0.2) is 48.5 Å². The Labute approximate surface area is 132 Å². The summed E-state index contributed by atoms with van der Waals surface area (Å²) in [5.41, 5.74) is 1.90. The first-order valence-electron chi connectivity index (χ1n) is 7.96. The summed E-state index contributed by atoms with van der Waals surface area (Å²) in [4.78, 5) is 0. The van der Waals surface area contributed by atoms with Crippen LogP contribution in [0.4, 0.5) is 0 Å². The first-order chi connectivity index (χ1) is 11.3. The molecule has 3 nitrogen and oxygen atoms in total. The van der Waals surface area contributed by atoms with Crippen LogP contribution in [0, 0.1) is 0 Å². The average Bonchev–Trinajstić information content (AvgIpc) is 3.38. The van der Waals surface area contributed by atoms with E-state index in [9.17, 15) is 10.2 Å². The SMILES string of the molecule is OC1[C@@H](O)c2c(c3cccc4ccc5cccc2c5c43)[C@H]2O[C@@H]12. The highest BCUT2D eigenvalue weighted by Crippen LogP contribution is 2.56. The smallest absolute Gasteiger partial charge is 0.118 e. The van der Waals surface area contributed by atoms with E-state index in [1.54, 1.807) is 0 Å². The van der Waals surface area contributed by atoms with E-state index in [0.717, 1.165) is 27.3 Å². The Morgan fingerprint density at radius 2 is 1.35 bits per heavy atom. The van der Waals surface area contributed by atoms with E-state index in [1.807, 2.05) is 12.1 Å². The topological polar surface area (TPSA) is 53.0 Å². The maximum absolute atomic E-state index is 10.7. The van der Waals surface area contributed by atoms with Gasteiger partial charge in [0.2, 0.25) is 0 Å². The first kappa shape index (κ1) is 12.3. The minimum atomic E-state index is -0.900. The zero-order valence-corrected chi connectivity index (χ0v) is 12.2. The number of benzene rings is 4. The van der Waals surface area contributed by atoms with E-state index in [-0.39, 0.29) is 12.2 Å². The lowest BCUT2D eigenvalue weighted by Crippen LogP contribution is -2.29. The van der Waals surface area contributed by atoms with Crippen LogP contribution < -0.4 is 0 Å². The highest BCUT2D eigenvalue weighted by Gasteiger charge is 2.55. The Kier molecular flexibility index (Phi) is 2.03. The van der Waals surface area contributed by atoms with Crippen LogP contribution in [0.25, 0.3) is 32.3 Å². The van der Waals surface area contributed by atoms with Crippen LogP contribution in [0.3, 0.4) is 0 Å². The van der Waals surface area contributed by atoms with E-state index in [1.165, 1.54) is 16.2 Å². The molecule has 1 aliphatic carbocycles. The summed E-state index contributed by atoms with van der Waals surface area (Å²) >= 11 is 0. The highest BCUT2D eigenvalue weighted by atomic mass is 16.6. The summed E-state index contributed by atoms with van der Waals surface area (Å²) in [5, 5.41) is 28.0. The molecule has 1 saturated heterocycles. The van der Waals surface area contributed by atoms with Gasteiger partial charge in [0.05, 0.1) is 0 Å². The van der Waals surface area contributed by atoms with Crippen molar-refractivity contribution in [2.45, 2.75) is 24.4 Å². The number of hydrogen-bond donors (Lipinski definition) is 2. The van der Waals surface area contributed by atoms with Crippen molar-refractivity contribution in [3.8, 4) is 0 Å². The highest BCUT2D eigenvalue weighted by molar-refractivity contribution is 6.25. The lowest BCUT2D eigenvalue weighted by Gasteiger charge is -2.27. The van der Waals surface area contributed by atoms with Crippen LogP contribution in [0.2, 0.25) is 0 Å². The molecular formula is C20H14O3. The lowest BCUT2D eigenvalue weighted by atomic mass is 9.79. The van der Waals surface area contributed by atoms with Gasteiger partial charge in [-0.05, 0) is 43.4 Å². The Morgan fingerprint density at radius 1 is 0.739 bits per heavy atom. The van der Waals surface area contributed by atoms with Gasteiger partial charge in [0.25, 0.3) is 0 Å². The van der Waals surface area contributed by atoms with Gasteiger partial charge in [-0.25, -0.2) is 0 Å². The average molecular weight is 302 g/mol. The van der Waals surface area contributed by atoms with Gasteiger partial charge in [0.15, 0.2) is 0 Å². The Bertz CT molecular complexity index is 1100. The van der Waals surface area contributed by atoms with E-state index < -0.39 is 12.2 Å². The Balaban J connectivity index is 1.95. The molecule has 0 saturated carbocycles. The number of ether oxygens (including phenoxy) is 1. The summed E-state index contributed by atoms with van der Waals surface area (Å²) in [5.74, 6) is 0. The normalized spacial score (nSPS) is 29.1. The van der Waals surface area contributed by atoms with Gasteiger partial charge >= 0.3 is 0 Å². The molecular weight excluding hydrogens is 288 g/mol. The van der Waals surface area contributed by atoms with Crippen LogP contribution in [0.1, 0.15) is 23.3 Å². The quantitative estimate of drug-likeness (QED) is 0.386. The third-order valence-electron chi connectivity index (χ3n) is 5.52. The number of aliphatic hydroxyl groups is 2. The molecule has 0 radical (unpaired) electrons. The van der Waals surface area contributed by atoms with Crippen molar-refractivity contribution in [3.63, 3.8) is 0 Å². The van der Waals surface area contributed by atoms with Crippen molar-refractivity contribution in [1.82, 2.24) is 0 Å². The molecule has 1 aliphatic heterocycles. The number of aliphatic hydroxyl groups excluding tert-OH is 2. The zero-order chi connectivity index (χ0) is 15.3. The minimum Gasteiger partial charge on any atom is -0.387 e. The van der Waals surface area contributed by atoms with Gasteiger partial charge < -0.3 is 14.9 Å². The van der Waals surface area contributed by atoms with Crippen LogP contribution in [-0.4, -0.2) is 22.4 Å². The fraction of sp³-hybridized carbons (Fsp3) is 0.200. The molecule has 4 aromatic carbocycles. The summed E-state index contributed by atoms with van der Waals surface area (Å²) in [6, 6.07) is 16.7. The molecule has 0 aromatic heterocycles. The third kappa shape index (κ3) is 1.33. The van der Waals surface area contributed by atoms with Crippen LogP contribution in [0.5, 0.6) is 0 Å². The molecule has 2 N–H and O–H groups in total. The maximum Gasteiger partial charge on any atom is 0.118 e. The monoisotopic (exact) mass is 302 g/mol. The van der Waals surface area contributed by atoms with Gasteiger partial charge in [-0.1, -0.05) is 48.5 Å². The van der Waals surface area contributed by atoms with E-state index in [0.29, 0.717) is 0 Å². The van der Waals surface area contributed by atoms with Crippen molar-refractivity contribution in [3.05, 3.63) is 59.7 Å². The molecule has 0 spiro atoms. The second-order valence-electron chi connectivity index (χ2n) is 6.66. The molecule has 4 atom stereocenters. The number of epoxide rings is 1. The van der Waals surface area contributed by atoms with Crippen molar-refractivity contribution < 1.29 is 14.9 Å². The largest absolute Gasteiger partial charge is 0.387 e. The Morgan fingerprint density at radius 3 is 2.00 bits per heavy atom. The number of fused-ring (bicyclic) bond motifs is 5.